The molecule has 2 amide bonds. The SMILES string of the molecule is O=C1CC(C(=O)NC(CC2CC2)C(=O)O)c2ccc(F)cc2N1. The number of anilines is 1. The number of rotatable bonds is 5. The lowest BCUT2D eigenvalue weighted by Gasteiger charge is -2.26. The van der Waals surface area contributed by atoms with Crippen LogP contribution in [0.15, 0.2) is 18.2 Å². The maximum Gasteiger partial charge on any atom is 0.326 e. The number of carboxylic acids is 1. The summed E-state index contributed by atoms with van der Waals surface area (Å²) in [4.78, 5) is 35.5. The predicted molar refractivity (Wildman–Crippen MR) is 79.3 cm³/mol. The van der Waals surface area contributed by atoms with Crippen molar-refractivity contribution in [2.45, 2.75) is 37.6 Å². The molecule has 0 aromatic heterocycles. The van der Waals surface area contributed by atoms with Gasteiger partial charge >= 0.3 is 5.97 Å². The van der Waals surface area contributed by atoms with Crippen molar-refractivity contribution in [3.8, 4) is 0 Å². The maximum absolute atomic E-state index is 13.3. The fraction of sp³-hybridized carbons (Fsp3) is 0.438. The van der Waals surface area contributed by atoms with Crippen LogP contribution >= 0.6 is 0 Å². The first kappa shape index (κ1) is 15.5. The zero-order valence-electron chi connectivity index (χ0n) is 12.3. The fourth-order valence-electron chi connectivity index (χ4n) is 2.85. The van der Waals surface area contributed by atoms with Gasteiger partial charge in [-0.3, -0.25) is 9.59 Å². The minimum absolute atomic E-state index is 0.0831. The van der Waals surface area contributed by atoms with Crippen molar-refractivity contribution in [1.82, 2.24) is 5.32 Å². The molecule has 3 rings (SSSR count). The summed E-state index contributed by atoms with van der Waals surface area (Å²) < 4.78 is 13.3. The standard InChI is InChI=1S/C16H17FN2O4/c17-9-3-4-10-11(7-14(20)18-12(10)6-9)15(21)19-13(16(22)23)5-8-1-2-8/h3-4,6,8,11,13H,1-2,5,7H2,(H,18,20)(H,19,21)(H,22,23). The smallest absolute Gasteiger partial charge is 0.326 e. The zero-order valence-corrected chi connectivity index (χ0v) is 12.3. The number of fused-ring (bicyclic) bond motifs is 1. The minimum atomic E-state index is -1.08. The summed E-state index contributed by atoms with van der Waals surface area (Å²) in [7, 11) is 0. The highest BCUT2D eigenvalue weighted by atomic mass is 19.1. The summed E-state index contributed by atoms with van der Waals surface area (Å²) in [5.74, 6) is -2.96. The van der Waals surface area contributed by atoms with Crippen LogP contribution in [0.5, 0.6) is 0 Å². The second kappa shape index (κ2) is 5.98. The molecule has 3 N–H and O–H groups in total. The topological polar surface area (TPSA) is 95.5 Å². The van der Waals surface area contributed by atoms with Crippen molar-refractivity contribution < 1.29 is 23.9 Å². The number of carbonyl (C=O) groups excluding carboxylic acids is 2. The molecule has 1 aromatic carbocycles. The normalized spacial score (nSPS) is 21.1. The molecular weight excluding hydrogens is 303 g/mol. The molecule has 2 aliphatic rings. The highest BCUT2D eigenvalue weighted by Crippen LogP contribution is 2.35. The molecule has 0 radical (unpaired) electrons. The van der Waals surface area contributed by atoms with Gasteiger partial charge in [0.05, 0.1) is 5.92 Å². The molecule has 2 unspecified atom stereocenters. The number of hydrogen-bond acceptors (Lipinski definition) is 3. The van der Waals surface area contributed by atoms with Crippen LogP contribution in [0.1, 0.15) is 37.2 Å². The van der Waals surface area contributed by atoms with E-state index in [9.17, 15) is 23.9 Å². The number of benzene rings is 1. The lowest BCUT2D eigenvalue weighted by atomic mass is 9.89. The molecule has 1 aliphatic carbocycles. The van der Waals surface area contributed by atoms with Gasteiger partial charge in [-0.2, -0.15) is 0 Å². The van der Waals surface area contributed by atoms with Crippen LogP contribution in [-0.4, -0.2) is 28.9 Å². The van der Waals surface area contributed by atoms with Crippen molar-refractivity contribution in [3.63, 3.8) is 0 Å². The molecule has 1 aromatic rings. The van der Waals surface area contributed by atoms with Crippen molar-refractivity contribution in [1.29, 1.82) is 0 Å². The van der Waals surface area contributed by atoms with Crippen molar-refractivity contribution in [2.24, 2.45) is 5.92 Å². The summed E-state index contributed by atoms with van der Waals surface area (Å²) >= 11 is 0. The van der Waals surface area contributed by atoms with Crippen LogP contribution in [0, 0.1) is 11.7 Å². The van der Waals surface area contributed by atoms with Gasteiger partial charge in [-0.1, -0.05) is 18.9 Å². The summed E-state index contributed by atoms with van der Waals surface area (Å²) in [5.41, 5.74) is 0.759. The Morgan fingerprint density at radius 3 is 2.78 bits per heavy atom. The van der Waals surface area contributed by atoms with Gasteiger partial charge in [0.1, 0.15) is 11.9 Å². The van der Waals surface area contributed by atoms with Gasteiger partial charge in [-0.25, -0.2) is 9.18 Å². The first-order chi connectivity index (χ1) is 10.9. The average Bonchev–Trinajstić information content (AvgIpc) is 3.29. The van der Waals surface area contributed by atoms with Gasteiger partial charge < -0.3 is 15.7 Å². The van der Waals surface area contributed by atoms with E-state index < -0.39 is 35.6 Å². The van der Waals surface area contributed by atoms with Gasteiger partial charge in [0.25, 0.3) is 0 Å². The number of aliphatic carboxylic acids is 1. The van der Waals surface area contributed by atoms with Gasteiger partial charge in [0.15, 0.2) is 0 Å². The van der Waals surface area contributed by atoms with E-state index >= 15 is 0 Å². The Balaban J connectivity index is 1.78. The second-order valence-corrected chi connectivity index (χ2v) is 6.11. The van der Waals surface area contributed by atoms with Crippen LogP contribution in [0.4, 0.5) is 10.1 Å². The molecule has 1 aliphatic heterocycles. The Hall–Kier alpha value is -2.44. The van der Waals surface area contributed by atoms with Crippen molar-refractivity contribution in [2.75, 3.05) is 5.32 Å². The van der Waals surface area contributed by atoms with E-state index in [2.05, 4.69) is 10.6 Å². The van der Waals surface area contributed by atoms with E-state index in [1.54, 1.807) is 0 Å². The molecule has 1 heterocycles. The third-order valence-corrected chi connectivity index (χ3v) is 4.25. The lowest BCUT2D eigenvalue weighted by molar-refractivity contribution is -0.142. The summed E-state index contributed by atoms with van der Waals surface area (Å²) in [5, 5.41) is 14.3. The van der Waals surface area contributed by atoms with Crippen molar-refractivity contribution >= 4 is 23.5 Å². The van der Waals surface area contributed by atoms with Crippen LogP contribution in [0.3, 0.4) is 0 Å². The van der Waals surface area contributed by atoms with Crippen molar-refractivity contribution in [3.05, 3.63) is 29.6 Å². The Kier molecular flexibility index (Phi) is 4.02. The number of amides is 2. The van der Waals surface area contributed by atoms with Gasteiger partial charge in [-0.15, -0.1) is 0 Å². The van der Waals surface area contributed by atoms with Crippen LogP contribution in [0.25, 0.3) is 0 Å². The summed E-state index contributed by atoms with van der Waals surface area (Å²) in [6.45, 7) is 0. The van der Waals surface area contributed by atoms with E-state index in [1.807, 2.05) is 0 Å². The molecule has 122 valence electrons. The molecule has 23 heavy (non-hydrogen) atoms. The molecule has 0 bridgehead atoms. The van der Waals surface area contributed by atoms with E-state index in [0.717, 1.165) is 18.9 Å². The van der Waals surface area contributed by atoms with Crippen LogP contribution in [-0.2, 0) is 14.4 Å². The molecule has 0 saturated heterocycles. The van der Waals surface area contributed by atoms with Gasteiger partial charge in [-0.05, 0) is 30.0 Å². The average molecular weight is 320 g/mol. The number of halogens is 1. The Labute approximate surface area is 132 Å². The first-order valence-electron chi connectivity index (χ1n) is 7.56. The van der Waals surface area contributed by atoms with E-state index in [0.29, 0.717) is 17.9 Å². The number of nitrogens with one attached hydrogen (secondary N) is 2. The lowest BCUT2D eigenvalue weighted by Crippen LogP contribution is -2.44. The monoisotopic (exact) mass is 320 g/mol. The maximum atomic E-state index is 13.3. The highest BCUT2D eigenvalue weighted by Gasteiger charge is 2.35. The third kappa shape index (κ3) is 3.49. The fourth-order valence-corrected chi connectivity index (χ4v) is 2.85. The zero-order chi connectivity index (χ0) is 16.6. The third-order valence-electron chi connectivity index (χ3n) is 4.25. The molecule has 1 saturated carbocycles. The summed E-state index contributed by atoms with van der Waals surface area (Å²) in [6.07, 6.45) is 2.28. The largest absolute Gasteiger partial charge is 0.480 e. The molecule has 2 atom stereocenters. The Morgan fingerprint density at radius 2 is 2.13 bits per heavy atom. The molecule has 6 nitrogen and oxygen atoms in total. The van der Waals surface area contributed by atoms with Crippen LogP contribution < -0.4 is 10.6 Å². The summed E-state index contributed by atoms with van der Waals surface area (Å²) in [6, 6.07) is 2.87. The minimum Gasteiger partial charge on any atom is -0.480 e. The number of carbonyl (C=O) groups is 3. The Bertz CT molecular complexity index is 672. The first-order valence-corrected chi connectivity index (χ1v) is 7.56. The highest BCUT2D eigenvalue weighted by molar-refractivity contribution is 6.01. The second-order valence-electron chi connectivity index (χ2n) is 6.11. The van der Waals surface area contributed by atoms with Gasteiger partial charge in [0.2, 0.25) is 11.8 Å². The van der Waals surface area contributed by atoms with Crippen LogP contribution in [0.2, 0.25) is 0 Å². The number of carboxylic acid groups (broad SMARTS) is 1. The predicted octanol–water partition coefficient (Wildman–Crippen LogP) is 1.62. The van der Waals surface area contributed by atoms with Gasteiger partial charge in [0, 0.05) is 12.1 Å². The van der Waals surface area contributed by atoms with E-state index in [4.69, 9.17) is 0 Å². The molecule has 0 spiro atoms. The van der Waals surface area contributed by atoms with E-state index in [-0.39, 0.29) is 12.1 Å². The number of hydrogen-bond donors (Lipinski definition) is 3. The molecular formula is C16H17FN2O4. The Morgan fingerprint density at radius 1 is 1.39 bits per heavy atom. The molecule has 7 heteroatoms. The quantitative estimate of drug-likeness (QED) is 0.768. The molecule has 1 fully saturated rings. The van der Waals surface area contributed by atoms with E-state index in [1.165, 1.54) is 12.1 Å².